The first-order valence-electron chi connectivity index (χ1n) is 8.73. The largest absolute Gasteiger partial charge is 0.491 e. The van der Waals surface area contributed by atoms with Gasteiger partial charge in [-0.3, -0.25) is 5.41 Å². The molecule has 0 saturated heterocycles. The fourth-order valence-electron chi connectivity index (χ4n) is 3.22. The SMILES string of the molecule is CN(/C(=N\C=N)c1cn2c(n1)-c1cc(Br)ccc1OCC2)c1ccc(F)cc1F. The van der Waals surface area contributed by atoms with Gasteiger partial charge in [-0.25, -0.2) is 18.8 Å². The van der Waals surface area contributed by atoms with Crippen LogP contribution in [0.15, 0.2) is 52.1 Å². The molecule has 148 valence electrons. The van der Waals surface area contributed by atoms with Gasteiger partial charge in [-0.05, 0) is 30.3 Å². The molecular formula is C20H16BrF2N5O. The lowest BCUT2D eigenvalue weighted by atomic mass is 10.2. The summed E-state index contributed by atoms with van der Waals surface area (Å²) in [6.07, 6.45) is 2.65. The Morgan fingerprint density at radius 2 is 2.14 bits per heavy atom. The molecule has 0 radical (unpaired) electrons. The molecule has 2 heterocycles. The number of nitrogens with one attached hydrogen (secondary N) is 1. The Bertz CT molecular complexity index is 1130. The Morgan fingerprint density at radius 1 is 1.31 bits per heavy atom. The molecule has 0 bridgehead atoms. The predicted molar refractivity (Wildman–Crippen MR) is 111 cm³/mol. The summed E-state index contributed by atoms with van der Waals surface area (Å²) in [6.45, 7) is 1.04. The summed E-state index contributed by atoms with van der Waals surface area (Å²) in [4.78, 5) is 10.2. The van der Waals surface area contributed by atoms with Crippen molar-refractivity contribution in [3.63, 3.8) is 0 Å². The normalized spacial score (nSPS) is 13.2. The minimum atomic E-state index is -0.728. The van der Waals surface area contributed by atoms with Crippen molar-refractivity contribution in [1.29, 1.82) is 5.41 Å². The van der Waals surface area contributed by atoms with Gasteiger partial charge in [-0.2, -0.15) is 0 Å². The molecule has 1 aliphatic rings. The second-order valence-corrected chi connectivity index (χ2v) is 7.28. The van der Waals surface area contributed by atoms with E-state index in [-0.39, 0.29) is 11.5 Å². The van der Waals surface area contributed by atoms with E-state index in [1.165, 1.54) is 17.0 Å². The van der Waals surface area contributed by atoms with Crippen molar-refractivity contribution in [2.24, 2.45) is 4.99 Å². The summed E-state index contributed by atoms with van der Waals surface area (Å²) < 4.78 is 36.2. The van der Waals surface area contributed by atoms with Crippen LogP contribution in [0.3, 0.4) is 0 Å². The maximum atomic E-state index is 14.3. The molecule has 0 atom stereocenters. The molecule has 0 spiro atoms. The van der Waals surface area contributed by atoms with Crippen LogP contribution >= 0.6 is 15.9 Å². The van der Waals surface area contributed by atoms with Crippen molar-refractivity contribution >= 4 is 33.8 Å². The molecule has 1 N–H and O–H groups in total. The monoisotopic (exact) mass is 459 g/mol. The van der Waals surface area contributed by atoms with E-state index in [0.717, 1.165) is 22.4 Å². The van der Waals surface area contributed by atoms with Gasteiger partial charge in [0.2, 0.25) is 0 Å². The maximum Gasteiger partial charge on any atom is 0.162 e. The van der Waals surface area contributed by atoms with Crippen molar-refractivity contribution in [1.82, 2.24) is 9.55 Å². The molecular weight excluding hydrogens is 444 g/mol. The number of rotatable bonds is 3. The molecule has 0 aliphatic carbocycles. The number of ether oxygens (including phenoxy) is 1. The number of imidazole rings is 1. The third-order valence-corrected chi connectivity index (χ3v) is 5.05. The van der Waals surface area contributed by atoms with Crippen LogP contribution in [0.25, 0.3) is 11.4 Å². The van der Waals surface area contributed by atoms with E-state index < -0.39 is 11.6 Å². The van der Waals surface area contributed by atoms with Crippen LogP contribution < -0.4 is 9.64 Å². The Balaban J connectivity index is 1.81. The van der Waals surface area contributed by atoms with Gasteiger partial charge in [0.25, 0.3) is 0 Å². The standard InChI is InChI=1S/C20H16BrF2N5O/c1-27(17-4-3-13(22)9-15(17)23)20(25-11-24)16-10-28-6-7-29-18-5-2-12(21)8-14(18)19(28)26-16/h2-5,8-11,24H,6-7H2,1H3/b24-11?,25-20-. The van der Waals surface area contributed by atoms with Crippen molar-refractivity contribution < 1.29 is 13.5 Å². The van der Waals surface area contributed by atoms with Gasteiger partial charge in [0.15, 0.2) is 5.84 Å². The van der Waals surface area contributed by atoms with Crippen molar-refractivity contribution in [3.05, 3.63) is 64.4 Å². The molecule has 0 amide bonds. The number of benzene rings is 2. The second-order valence-electron chi connectivity index (χ2n) is 6.37. The zero-order valence-corrected chi connectivity index (χ0v) is 17.0. The van der Waals surface area contributed by atoms with Gasteiger partial charge in [0.1, 0.15) is 41.8 Å². The highest BCUT2D eigenvalue weighted by Crippen LogP contribution is 2.34. The molecule has 4 rings (SSSR count). The number of amidine groups is 1. The Kier molecular flexibility index (Phi) is 5.14. The van der Waals surface area contributed by atoms with Crippen LogP contribution in [0.4, 0.5) is 14.5 Å². The molecule has 0 unspecified atom stereocenters. The number of fused-ring (bicyclic) bond motifs is 3. The molecule has 1 aromatic heterocycles. The summed E-state index contributed by atoms with van der Waals surface area (Å²) >= 11 is 3.47. The lowest BCUT2D eigenvalue weighted by Gasteiger charge is -2.20. The minimum Gasteiger partial charge on any atom is -0.491 e. The van der Waals surface area contributed by atoms with Gasteiger partial charge in [0, 0.05) is 23.8 Å². The quantitative estimate of drug-likeness (QED) is 0.463. The topological polar surface area (TPSA) is 66.5 Å². The van der Waals surface area contributed by atoms with E-state index >= 15 is 0 Å². The first-order chi connectivity index (χ1) is 14.0. The van der Waals surface area contributed by atoms with E-state index in [4.69, 9.17) is 15.1 Å². The zero-order chi connectivity index (χ0) is 20.5. The van der Waals surface area contributed by atoms with E-state index in [1.54, 1.807) is 13.2 Å². The van der Waals surface area contributed by atoms with Crippen molar-refractivity contribution in [2.45, 2.75) is 6.54 Å². The average Bonchev–Trinajstić information content (AvgIpc) is 3.03. The van der Waals surface area contributed by atoms with Crippen LogP contribution in [-0.4, -0.2) is 35.4 Å². The summed E-state index contributed by atoms with van der Waals surface area (Å²) in [5.41, 5.74) is 1.40. The van der Waals surface area contributed by atoms with Crippen molar-refractivity contribution in [3.8, 4) is 17.1 Å². The van der Waals surface area contributed by atoms with Crippen LogP contribution in [-0.2, 0) is 6.54 Å². The lowest BCUT2D eigenvalue weighted by Crippen LogP contribution is -2.28. The summed E-state index contributed by atoms with van der Waals surface area (Å²) in [5, 5.41) is 7.42. The smallest absolute Gasteiger partial charge is 0.162 e. The fraction of sp³-hybridized carbons (Fsp3) is 0.150. The maximum absolute atomic E-state index is 14.3. The fourth-order valence-corrected chi connectivity index (χ4v) is 3.58. The summed E-state index contributed by atoms with van der Waals surface area (Å²) in [6, 6.07) is 8.98. The van der Waals surface area contributed by atoms with E-state index in [0.29, 0.717) is 30.4 Å². The molecule has 1 aliphatic heterocycles. The number of hydrogen-bond donors (Lipinski definition) is 1. The zero-order valence-electron chi connectivity index (χ0n) is 15.4. The first-order valence-corrected chi connectivity index (χ1v) is 9.53. The number of aliphatic imine (C=N–C) groups is 1. The number of nitrogens with zero attached hydrogens (tertiary/aromatic N) is 4. The Labute approximate surface area is 174 Å². The highest BCUT2D eigenvalue weighted by atomic mass is 79.9. The van der Waals surface area contributed by atoms with Gasteiger partial charge in [0.05, 0.1) is 17.8 Å². The molecule has 2 aromatic carbocycles. The third kappa shape index (κ3) is 3.65. The molecule has 6 nitrogen and oxygen atoms in total. The van der Waals surface area contributed by atoms with Crippen LogP contribution in [0.2, 0.25) is 0 Å². The Hall–Kier alpha value is -3.07. The summed E-state index contributed by atoms with van der Waals surface area (Å²) in [7, 11) is 1.59. The highest BCUT2D eigenvalue weighted by molar-refractivity contribution is 9.10. The minimum absolute atomic E-state index is 0.127. The number of halogens is 3. The van der Waals surface area contributed by atoms with Crippen LogP contribution in [0, 0.1) is 17.0 Å². The second kappa shape index (κ2) is 7.75. The van der Waals surface area contributed by atoms with Gasteiger partial charge >= 0.3 is 0 Å². The van der Waals surface area contributed by atoms with Crippen molar-refractivity contribution in [2.75, 3.05) is 18.6 Å². The van der Waals surface area contributed by atoms with E-state index in [9.17, 15) is 8.78 Å². The highest BCUT2D eigenvalue weighted by Gasteiger charge is 2.23. The van der Waals surface area contributed by atoms with Gasteiger partial charge in [-0.15, -0.1) is 0 Å². The molecule has 0 saturated carbocycles. The van der Waals surface area contributed by atoms with Gasteiger partial charge < -0.3 is 14.2 Å². The average molecular weight is 460 g/mol. The number of hydrogen-bond acceptors (Lipinski definition) is 3. The van der Waals surface area contributed by atoms with E-state index in [1.807, 2.05) is 22.8 Å². The molecule has 29 heavy (non-hydrogen) atoms. The first kappa shape index (κ1) is 19.3. The number of aromatic nitrogens is 2. The predicted octanol–water partition coefficient (Wildman–Crippen LogP) is 4.47. The van der Waals surface area contributed by atoms with Crippen LogP contribution in [0.5, 0.6) is 5.75 Å². The van der Waals surface area contributed by atoms with Gasteiger partial charge in [-0.1, -0.05) is 15.9 Å². The third-order valence-electron chi connectivity index (χ3n) is 4.55. The molecule has 9 heteroatoms. The van der Waals surface area contributed by atoms with Crippen LogP contribution in [0.1, 0.15) is 5.69 Å². The lowest BCUT2D eigenvalue weighted by molar-refractivity contribution is 0.306. The molecule has 3 aromatic rings. The van der Waals surface area contributed by atoms with E-state index in [2.05, 4.69) is 20.9 Å². The Morgan fingerprint density at radius 3 is 2.90 bits per heavy atom. The number of anilines is 1. The summed E-state index contributed by atoms with van der Waals surface area (Å²) in [5.74, 6) is 0.269. The molecule has 0 fully saturated rings.